The number of nitrogens with one attached hydrogen (secondary N) is 1. The first-order valence-electron chi connectivity index (χ1n) is 9.11. The lowest BCUT2D eigenvalue weighted by Crippen LogP contribution is -2.48. The molecule has 0 aromatic heterocycles. The highest BCUT2D eigenvalue weighted by molar-refractivity contribution is 5.82. The van der Waals surface area contributed by atoms with Gasteiger partial charge < -0.3 is 20.1 Å². The summed E-state index contributed by atoms with van der Waals surface area (Å²) in [5.41, 5.74) is 0. The van der Waals surface area contributed by atoms with Gasteiger partial charge in [0.05, 0.1) is 12.5 Å². The molecule has 1 aliphatic rings. The summed E-state index contributed by atoms with van der Waals surface area (Å²) in [5.74, 6) is -2.10. The molecule has 2 atom stereocenters. The highest BCUT2D eigenvalue weighted by Gasteiger charge is 2.29. The zero-order valence-corrected chi connectivity index (χ0v) is 15.3. The molecular formula is C19H25FN2O5. The van der Waals surface area contributed by atoms with E-state index < -0.39 is 17.9 Å². The molecule has 1 fully saturated rings. The number of carbonyl (C=O) groups is 3. The van der Waals surface area contributed by atoms with Crippen LogP contribution in [0.5, 0.6) is 5.75 Å². The Bertz CT molecular complexity index is 665. The lowest BCUT2D eigenvalue weighted by Gasteiger charge is -2.32. The van der Waals surface area contributed by atoms with Gasteiger partial charge in [-0.05, 0) is 43.5 Å². The van der Waals surface area contributed by atoms with E-state index in [1.165, 1.54) is 12.1 Å². The van der Waals surface area contributed by atoms with Crippen LogP contribution in [0.1, 0.15) is 32.6 Å². The molecule has 0 bridgehead atoms. The first-order valence-corrected chi connectivity index (χ1v) is 9.11. The molecule has 2 unspecified atom stereocenters. The van der Waals surface area contributed by atoms with Gasteiger partial charge >= 0.3 is 5.97 Å². The molecule has 1 aliphatic heterocycles. The Morgan fingerprint density at radius 1 is 1.33 bits per heavy atom. The van der Waals surface area contributed by atoms with Crippen molar-refractivity contribution in [2.45, 2.75) is 38.7 Å². The van der Waals surface area contributed by atoms with Crippen LogP contribution in [0.2, 0.25) is 0 Å². The predicted molar refractivity (Wildman–Crippen MR) is 95.7 cm³/mol. The number of amides is 2. The standard InChI is InChI=1S/C19H25FN2O5/c1-2-4-17(23)22-10-3-5-13(12-22)18(24)21-11-16(19(25)26)27-15-8-6-14(20)7-9-15/h6-9,13,16H,2-5,10-12H2,1H3,(H,21,24)(H,25,26). The molecule has 0 aliphatic carbocycles. The van der Waals surface area contributed by atoms with Gasteiger partial charge in [0, 0.05) is 19.5 Å². The van der Waals surface area contributed by atoms with Crippen LogP contribution in [0.25, 0.3) is 0 Å². The van der Waals surface area contributed by atoms with Gasteiger partial charge in [-0.25, -0.2) is 9.18 Å². The monoisotopic (exact) mass is 380 g/mol. The van der Waals surface area contributed by atoms with E-state index in [0.717, 1.165) is 25.0 Å². The number of halogens is 1. The first kappa shape index (κ1) is 20.7. The summed E-state index contributed by atoms with van der Waals surface area (Å²) in [6.45, 7) is 2.71. The normalized spacial score (nSPS) is 17.9. The summed E-state index contributed by atoms with van der Waals surface area (Å²) < 4.78 is 18.2. The van der Waals surface area contributed by atoms with Gasteiger partial charge in [0.2, 0.25) is 17.9 Å². The van der Waals surface area contributed by atoms with Crippen molar-refractivity contribution < 1.29 is 28.6 Å². The van der Waals surface area contributed by atoms with E-state index in [0.29, 0.717) is 25.9 Å². The molecule has 2 amide bonds. The number of likely N-dealkylation sites (tertiary alicyclic amines) is 1. The Kier molecular flexibility index (Phi) is 7.57. The van der Waals surface area contributed by atoms with Crippen molar-refractivity contribution in [1.29, 1.82) is 0 Å². The number of carbonyl (C=O) groups excluding carboxylic acids is 2. The molecule has 0 saturated carbocycles. The fourth-order valence-corrected chi connectivity index (χ4v) is 2.98. The summed E-state index contributed by atoms with van der Waals surface area (Å²) in [7, 11) is 0. The number of hydrogen-bond acceptors (Lipinski definition) is 4. The number of aliphatic carboxylic acids is 1. The molecule has 1 saturated heterocycles. The maximum Gasteiger partial charge on any atom is 0.346 e. The van der Waals surface area contributed by atoms with E-state index in [1.54, 1.807) is 4.90 Å². The molecule has 8 heteroatoms. The number of benzene rings is 1. The third-order valence-electron chi connectivity index (χ3n) is 4.44. The highest BCUT2D eigenvalue weighted by atomic mass is 19.1. The minimum Gasteiger partial charge on any atom is -0.478 e. The molecule has 2 N–H and O–H groups in total. The number of ether oxygens (including phenoxy) is 1. The number of carboxylic acids is 1. The van der Waals surface area contributed by atoms with E-state index in [1.807, 2.05) is 6.92 Å². The van der Waals surface area contributed by atoms with Crippen molar-refractivity contribution >= 4 is 17.8 Å². The lowest BCUT2D eigenvalue weighted by atomic mass is 9.96. The van der Waals surface area contributed by atoms with E-state index in [9.17, 15) is 23.9 Å². The molecule has 148 valence electrons. The SMILES string of the molecule is CCCC(=O)N1CCCC(C(=O)NCC(Oc2ccc(F)cc2)C(=O)O)C1. The molecule has 27 heavy (non-hydrogen) atoms. The summed E-state index contributed by atoms with van der Waals surface area (Å²) in [6.07, 6.45) is 1.31. The number of carboxylic acid groups (broad SMARTS) is 1. The molecule has 1 heterocycles. The Hall–Kier alpha value is -2.64. The van der Waals surface area contributed by atoms with Gasteiger partial charge in [0.15, 0.2) is 0 Å². The van der Waals surface area contributed by atoms with Gasteiger partial charge in [0.25, 0.3) is 0 Å². The number of piperidine rings is 1. The van der Waals surface area contributed by atoms with Gasteiger partial charge in [-0.3, -0.25) is 9.59 Å². The Morgan fingerprint density at radius 3 is 2.67 bits per heavy atom. The van der Waals surface area contributed by atoms with E-state index in [2.05, 4.69) is 5.32 Å². The van der Waals surface area contributed by atoms with Gasteiger partial charge in [-0.1, -0.05) is 6.92 Å². The predicted octanol–water partition coefficient (Wildman–Crippen LogP) is 1.81. The topological polar surface area (TPSA) is 95.9 Å². The first-order chi connectivity index (χ1) is 12.9. The molecular weight excluding hydrogens is 355 g/mol. The van der Waals surface area contributed by atoms with Crippen LogP contribution in [0.4, 0.5) is 4.39 Å². The maximum atomic E-state index is 12.9. The van der Waals surface area contributed by atoms with Crippen LogP contribution in [-0.2, 0) is 14.4 Å². The average Bonchev–Trinajstić information content (AvgIpc) is 2.66. The van der Waals surface area contributed by atoms with Crippen LogP contribution >= 0.6 is 0 Å². The molecule has 1 aromatic carbocycles. The van der Waals surface area contributed by atoms with Gasteiger partial charge in [-0.15, -0.1) is 0 Å². The Balaban J connectivity index is 1.88. The average molecular weight is 380 g/mol. The van der Waals surface area contributed by atoms with Crippen molar-refractivity contribution in [2.75, 3.05) is 19.6 Å². The second-order valence-electron chi connectivity index (χ2n) is 6.57. The van der Waals surface area contributed by atoms with Crippen LogP contribution in [0.15, 0.2) is 24.3 Å². The zero-order valence-electron chi connectivity index (χ0n) is 15.3. The second kappa shape index (κ2) is 9.89. The molecule has 1 aromatic rings. The van der Waals surface area contributed by atoms with E-state index in [4.69, 9.17) is 4.74 Å². The fourth-order valence-electron chi connectivity index (χ4n) is 2.98. The largest absolute Gasteiger partial charge is 0.478 e. The summed E-state index contributed by atoms with van der Waals surface area (Å²) in [4.78, 5) is 37.5. The van der Waals surface area contributed by atoms with Crippen molar-refractivity contribution in [2.24, 2.45) is 5.92 Å². The molecule has 2 rings (SSSR count). The third-order valence-corrected chi connectivity index (χ3v) is 4.44. The van der Waals surface area contributed by atoms with Crippen molar-refractivity contribution in [3.05, 3.63) is 30.1 Å². The minimum absolute atomic E-state index is 0.0399. The van der Waals surface area contributed by atoms with Crippen LogP contribution in [0, 0.1) is 11.7 Å². The lowest BCUT2D eigenvalue weighted by molar-refractivity contribution is -0.145. The third kappa shape index (κ3) is 6.23. The number of rotatable bonds is 8. The summed E-state index contributed by atoms with van der Waals surface area (Å²) >= 11 is 0. The highest BCUT2D eigenvalue weighted by Crippen LogP contribution is 2.18. The summed E-state index contributed by atoms with van der Waals surface area (Å²) in [6, 6.07) is 4.98. The van der Waals surface area contributed by atoms with Gasteiger partial charge in [0.1, 0.15) is 11.6 Å². The summed E-state index contributed by atoms with van der Waals surface area (Å²) in [5, 5.41) is 11.9. The van der Waals surface area contributed by atoms with Crippen LogP contribution in [0.3, 0.4) is 0 Å². The molecule has 7 nitrogen and oxygen atoms in total. The van der Waals surface area contributed by atoms with Crippen molar-refractivity contribution in [1.82, 2.24) is 10.2 Å². The second-order valence-corrected chi connectivity index (χ2v) is 6.57. The van der Waals surface area contributed by atoms with Gasteiger partial charge in [-0.2, -0.15) is 0 Å². The number of hydrogen-bond donors (Lipinski definition) is 2. The Morgan fingerprint density at radius 2 is 2.04 bits per heavy atom. The smallest absolute Gasteiger partial charge is 0.346 e. The van der Waals surface area contributed by atoms with Crippen molar-refractivity contribution in [3.63, 3.8) is 0 Å². The van der Waals surface area contributed by atoms with E-state index in [-0.39, 0.29) is 30.0 Å². The zero-order chi connectivity index (χ0) is 19.8. The minimum atomic E-state index is -1.29. The number of nitrogens with zero attached hydrogens (tertiary/aromatic N) is 1. The Labute approximate surface area is 157 Å². The van der Waals surface area contributed by atoms with Crippen LogP contribution in [-0.4, -0.2) is 53.5 Å². The van der Waals surface area contributed by atoms with E-state index >= 15 is 0 Å². The quantitative estimate of drug-likeness (QED) is 0.717. The maximum absolute atomic E-state index is 12.9. The molecule has 0 spiro atoms. The molecule has 0 radical (unpaired) electrons. The van der Waals surface area contributed by atoms with Crippen molar-refractivity contribution in [3.8, 4) is 5.75 Å². The van der Waals surface area contributed by atoms with Crippen LogP contribution < -0.4 is 10.1 Å². The fraction of sp³-hybridized carbons (Fsp3) is 0.526.